The number of hydrogen-bond donors (Lipinski definition) is 0. The summed E-state index contributed by atoms with van der Waals surface area (Å²) in [6.07, 6.45) is 3.28. The maximum absolute atomic E-state index is 13.6. The first-order valence-corrected chi connectivity index (χ1v) is 6.31. The van der Waals surface area contributed by atoms with Crippen LogP contribution in [0.3, 0.4) is 0 Å². The normalized spacial score (nSPS) is 10.9. The number of methoxy groups -OCH3 is 1. The molecular weight excluding hydrogens is 313 g/mol. The molecule has 0 bridgehead atoms. The molecule has 0 N–H and O–H groups in total. The molecule has 1 aromatic carbocycles. The lowest BCUT2D eigenvalue weighted by Crippen LogP contribution is -1.99. The molecule has 3 aromatic rings. The molecule has 0 fully saturated rings. The third kappa shape index (κ3) is 2.08. The van der Waals surface area contributed by atoms with Crippen LogP contribution in [0.1, 0.15) is 0 Å². The average Bonchev–Trinajstić information content (AvgIpc) is 2.81. The van der Waals surface area contributed by atoms with Crippen LogP contribution in [0.15, 0.2) is 41.1 Å². The highest BCUT2D eigenvalue weighted by molar-refractivity contribution is 9.10. The first kappa shape index (κ1) is 12.1. The zero-order valence-corrected chi connectivity index (χ0v) is 11.6. The fraction of sp³-hybridized carbons (Fsp3) is 0.0769. The van der Waals surface area contributed by atoms with Gasteiger partial charge in [-0.2, -0.15) is 5.10 Å². The first-order valence-electron chi connectivity index (χ1n) is 5.52. The maximum Gasteiger partial charge on any atom is 0.165 e. The first-order chi connectivity index (χ1) is 9.19. The van der Waals surface area contributed by atoms with Crippen LogP contribution in [0.25, 0.3) is 16.7 Å². The molecule has 0 amide bonds. The molecule has 4 nitrogen and oxygen atoms in total. The van der Waals surface area contributed by atoms with Crippen LogP contribution in [0.2, 0.25) is 0 Å². The van der Waals surface area contributed by atoms with Crippen molar-refractivity contribution in [3.63, 3.8) is 0 Å². The van der Waals surface area contributed by atoms with Gasteiger partial charge < -0.3 is 4.74 Å². The van der Waals surface area contributed by atoms with Crippen molar-refractivity contribution in [1.82, 2.24) is 14.8 Å². The third-order valence-corrected chi connectivity index (χ3v) is 3.24. The van der Waals surface area contributed by atoms with Gasteiger partial charge in [0.25, 0.3) is 0 Å². The van der Waals surface area contributed by atoms with Crippen LogP contribution in [-0.4, -0.2) is 21.9 Å². The smallest absolute Gasteiger partial charge is 0.165 e. The van der Waals surface area contributed by atoms with Gasteiger partial charge in [0, 0.05) is 22.1 Å². The SMILES string of the molecule is COc1cc2c(cnn2-c2ccc(Br)cn2)cc1F. The fourth-order valence-electron chi connectivity index (χ4n) is 1.86. The standard InChI is InChI=1S/C13H9BrFN3O/c1-19-12-5-11-8(4-10(12)15)6-17-18(11)13-3-2-9(14)7-16-13/h2-7H,1H3. The number of rotatable bonds is 2. The minimum Gasteiger partial charge on any atom is -0.494 e. The van der Waals surface area contributed by atoms with Crippen molar-refractivity contribution in [2.75, 3.05) is 7.11 Å². The molecule has 0 aliphatic rings. The molecule has 0 aliphatic carbocycles. The lowest BCUT2D eigenvalue weighted by atomic mass is 10.2. The number of hydrogen-bond acceptors (Lipinski definition) is 3. The molecular formula is C13H9BrFN3O. The van der Waals surface area contributed by atoms with Crippen molar-refractivity contribution in [2.24, 2.45) is 0 Å². The van der Waals surface area contributed by atoms with E-state index >= 15 is 0 Å². The van der Waals surface area contributed by atoms with E-state index in [0.29, 0.717) is 11.2 Å². The molecule has 2 aromatic heterocycles. The Morgan fingerprint density at radius 2 is 2.11 bits per heavy atom. The molecule has 0 atom stereocenters. The zero-order chi connectivity index (χ0) is 13.4. The van der Waals surface area contributed by atoms with Crippen molar-refractivity contribution in [3.8, 4) is 11.6 Å². The summed E-state index contributed by atoms with van der Waals surface area (Å²) in [5.41, 5.74) is 0.744. The molecule has 0 saturated carbocycles. The van der Waals surface area contributed by atoms with E-state index in [9.17, 15) is 4.39 Å². The van der Waals surface area contributed by atoms with Gasteiger partial charge in [-0.05, 0) is 34.1 Å². The Balaban J connectivity index is 2.21. The van der Waals surface area contributed by atoms with Crippen molar-refractivity contribution in [3.05, 3.63) is 46.9 Å². The van der Waals surface area contributed by atoms with E-state index < -0.39 is 5.82 Å². The molecule has 0 radical (unpaired) electrons. The lowest BCUT2D eigenvalue weighted by Gasteiger charge is -2.05. The van der Waals surface area contributed by atoms with Gasteiger partial charge in [0.05, 0.1) is 18.8 Å². The molecule has 6 heteroatoms. The highest BCUT2D eigenvalue weighted by atomic mass is 79.9. The summed E-state index contributed by atoms with van der Waals surface area (Å²) in [7, 11) is 1.43. The van der Waals surface area contributed by atoms with Gasteiger partial charge in [0.15, 0.2) is 17.4 Å². The summed E-state index contributed by atoms with van der Waals surface area (Å²) < 4.78 is 21.1. The summed E-state index contributed by atoms with van der Waals surface area (Å²) in [5, 5.41) is 4.93. The second-order valence-electron chi connectivity index (χ2n) is 3.94. The second-order valence-corrected chi connectivity index (χ2v) is 4.85. The number of halogens is 2. The lowest BCUT2D eigenvalue weighted by molar-refractivity contribution is 0.387. The monoisotopic (exact) mass is 321 g/mol. The van der Waals surface area contributed by atoms with Gasteiger partial charge in [0.1, 0.15) is 0 Å². The van der Waals surface area contributed by atoms with E-state index in [4.69, 9.17) is 4.74 Å². The van der Waals surface area contributed by atoms with Crippen LogP contribution in [0.5, 0.6) is 5.75 Å². The quantitative estimate of drug-likeness (QED) is 0.726. The van der Waals surface area contributed by atoms with E-state index in [1.54, 1.807) is 23.1 Å². The zero-order valence-electron chi connectivity index (χ0n) is 9.97. The average molecular weight is 322 g/mol. The number of fused-ring (bicyclic) bond motifs is 1. The molecule has 0 aliphatic heterocycles. The van der Waals surface area contributed by atoms with Crippen LogP contribution in [0, 0.1) is 5.82 Å². The summed E-state index contributed by atoms with van der Waals surface area (Å²) in [6, 6.07) is 6.71. The van der Waals surface area contributed by atoms with Gasteiger partial charge in [-0.15, -0.1) is 0 Å². The Hall–Kier alpha value is -1.95. The van der Waals surface area contributed by atoms with Gasteiger partial charge in [-0.1, -0.05) is 0 Å². The number of nitrogens with zero attached hydrogens (tertiary/aromatic N) is 3. The van der Waals surface area contributed by atoms with Crippen molar-refractivity contribution < 1.29 is 9.13 Å². The van der Waals surface area contributed by atoms with Crippen LogP contribution < -0.4 is 4.74 Å². The van der Waals surface area contributed by atoms with Crippen molar-refractivity contribution in [1.29, 1.82) is 0 Å². The molecule has 0 saturated heterocycles. The fourth-order valence-corrected chi connectivity index (χ4v) is 2.09. The van der Waals surface area contributed by atoms with Gasteiger partial charge in [-0.3, -0.25) is 0 Å². The van der Waals surface area contributed by atoms with Crippen LogP contribution >= 0.6 is 15.9 Å². The van der Waals surface area contributed by atoms with E-state index in [1.807, 2.05) is 12.1 Å². The summed E-state index contributed by atoms with van der Waals surface area (Å²) in [5.74, 6) is 0.441. The Bertz CT molecular complexity index is 739. The van der Waals surface area contributed by atoms with E-state index in [0.717, 1.165) is 9.99 Å². The Kier molecular flexibility index (Phi) is 2.94. The Morgan fingerprint density at radius 3 is 2.79 bits per heavy atom. The number of ether oxygens (including phenoxy) is 1. The van der Waals surface area contributed by atoms with Crippen LogP contribution in [-0.2, 0) is 0 Å². The number of pyridine rings is 1. The number of aromatic nitrogens is 3. The molecule has 96 valence electrons. The highest BCUT2D eigenvalue weighted by Gasteiger charge is 2.11. The summed E-state index contributed by atoms with van der Waals surface area (Å²) in [6.45, 7) is 0. The molecule has 0 spiro atoms. The minimum atomic E-state index is -0.404. The highest BCUT2D eigenvalue weighted by Crippen LogP contribution is 2.26. The van der Waals surface area contributed by atoms with Crippen LogP contribution in [0.4, 0.5) is 4.39 Å². The summed E-state index contributed by atoms with van der Waals surface area (Å²) in [4.78, 5) is 4.27. The van der Waals surface area contributed by atoms with E-state index in [1.165, 1.54) is 13.2 Å². The second kappa shape index (κ2) is 4.62. The predicted octanol–water partition coefficient (Wildman–Crippen LogP) is 3.33. The molecule has 3 rings (SSSR count). The number of benzene rings is 1. The van der Waals surface area contributed by atoms with Crippen molar-refractivity contribution >= 4 is 26.8 Å². The van der Waals surface area contributed by atoms with Gasteiger partial charge in [-0.25, -0.2) is 14.1 Å². The minimum absolute atomic E-state index is 0.186. The van der Waals surface area contributed by atoms with E-state index in [-0.39, 0.29) is 5.75 Å². The molecule has 2 heterocycles. The topological polar surface area (TPSA) is 39.9 Å². The Morgan fingerprint density at radius 1 is 1.26 bits per heavy atom. The predicted molar refractivity (Wildman–Crippen MR) is 73.1 cm³/mol. The molecule has 0 unspecified atom stereocenters. The van der Waals surface area contributed by atoms with Gasteiger partial charge >= 0.3 is 0 Å². The van der Waals surface area contributed by atoms with Crippen molar-refractivity contribution in [2.45, 2.75) is 0 Å². The molecule has 19 heavy (non-hydrogen) atoms. The van der Waals surface area contributed by atoms with E-state index in [2.05, 4.69) is 26.0 Å². The maximum atomic E-state index is 13.6. The van der Waals surface area contributed by atoms with Gasteiger partial charge in [0.2, 0.25) is 0 Å². The third-order valence-electron chi connectivity index (χ3n) is 2.77. The Labute approximate surface area is 117 Å². The largest absolute Gasteiger partial charge is 0.494 e. The summed E-state index contributed by atoms with van der Waals surface area (Å²) >= 11 is 3.33.